The molecule has 0 amide bonds. The summed E-state index contributed by atoms with van der Waals surface area (Å²) in [5.41, 5.74) is 3.74. The number of hydrogen-bond donors (Lipinski definition) is 2. The maximum atomic E-state index is 5.65. The van der Waals surface area contributed by atoms with E-state index in [1.807, 2.05) is 18.2 Å². The fourth-order valence-electron chi connectivity index (χ4n) is 2.21. The Kier molecular flexibility index (Phi) is 10.1. The van der Waals surface area contributed by atoms with E-state index in [-0.39, 0.29) is 24.0 Å². The van der Waals surface area contributed by atoms with Crippen LogP contribution in [0.3, 0.4) is 0 Å². The zero-order valence-corrected chi connectivity index (χ0v) is 16.6. The van der Waals surface area contributed by atoms with E-state index in [2.05, 4.69) is 58.9 Å². The van der Waals surface area contributed by atoms with Gasteiger partial charge in [-0.3, -0.25) is 4.99 Å². The van der Waals surface area contributed by atoms with Crippen molar-refractivity contribution in [2.75, 3.05) is 20.2 Å². The third kappa shape index (κ3) is 7.31. The van der Waals surface area contributed by atoms with Gasteiger partial charge in [-0.15, -0.1) is 24.0 Å². The number of nitrogens with zero attached hydrogens (tertiary/aromatic N) is 1. The lowest BCUT2D eigenvalue weighted by molar-refractivity contribution is 0.125. The van der Waals surface area contributed by atoms with E-state index < -0.39 is 0 Å². The van der Waals surface area contributed by atoms with Gasteiger partial charge in [-0.2, -0.15) is 0 Å². The lowest BCUT2D eigenvalue weighted by Crippen LogP contribution is -2.38. The van der Waals surface area contributed by atoms with Crippen LogP contribution in [0, 0.1) is 6.92 Å². The van der Waals surface area contributed by atoms with Gasteiger partial charge in [-0.25, -0.2) is 0 Å². The van der Waals surface area contributed by atoms with E-state index in [0.717, 1.165) is 19.0 Å². The van der Waals surface area contributed by atoms with Crippen LogP contribution < -0.4 is 10.6 Å². The minimum Gasteiger partial charge on any atom is -0.375 e. The van der Waals surface area contributed by atoms with Crippen molar-refractivity contribution in [3.63, 3.8) is 0 Å². The molecule has 0 aliphatic heterocycles. The second kappa shape index (κ2) is 11.9. The van der Waals surface area contributed by atoms with Crippen molar-refractivity contribution in [1.29, 1.82) is 0 Å². The lowest BCUT2D eigenvalue weighted by Gasteiger charge is -2.13. The van der Waals surface area contributed by atoms with Gasteiger partial charge in [0.25, 0.3) is 0 Å². The Bertz CT molecular complexity index is 617. The van der Waals surface area contributed by atoms with Gasteiger partial charge in [-0.05, 0) is 23.6 Å². The molecule has 0 saturated carbocycles. The molecule has 0 saturated heterocycles. The maximum absolute atomic E-state index is 5.65. The molecule has 130 valence electrons. The van der Waals surface area contributed by atoms with E-state index in [0.29, 0.717) is 13.2 Å². The van der Waals surface area contributed by atoms with Gasteiger partial charge < -0.3 is 15.4 Å². The normalized spacial score (nSPS) is 10.8. The number of halogens is 1. The summed E-state index contributed by atoms with van der Waals surface area (Å²) < 4.78 is 5.65. The van der Waals surface area contributed by atoms with Crippen LogP contribution in [0.2, 0.25) is 0 Å². The molecule has 0 radical (unpaired) electrons. The maximum Gasteiger partial charge on any atom is 0.191 e. The van der Waals surface area contributed by atoms with Gasteiger partial charge in [0, 0.05) is 20.1 Å². The third-order valence-corrected chi connectivity index (χ3v) is 3.58. The molecule has 0 spiro atoms. The van der Waals surface area contributed by atoms with Crippen LogP contribution in [0.4, 0.5) is 0 Å². The Morgan fingerprint density at radius 2 is 1.71 bits per heavy atom. The van der Waals surface area contributed by atoms with Crippen LogP contribution in [0.5, 0.6) is 0 Å². The summed E-state index contributed by atoms with van der Waals surface area (Å²) >= 11 is 0. The molecule has 2 N–H and O–H groups in total. The predicted octanol–water partition coefficient (Wildman–Crippen LogP) is 3.49. The Labute approximate surface area is 161 Å². The number of nitrogens with one attached hydrogen (secondary N) is 2. The van der Waals surface area contributed by atoms with Crippen LogP contribution in [-0.4, -0.2) is 26.2 Å². The number of aryl methyl sites for hydroxylation is 1. The fraction of sp³-hybridized carbons (Fsp3) is 0.316. The van der Waals surface area contributed by atoms with Crippen molar-refractivity contribution >= 4 is 29.9 Å². The molecular formula is C19H26IN3O. The van der Waals surface area contributed by atoms with Crippen molar-refractivity contribution in [1.82, 2.24) is 10.6 Å². The average Bonchev–Trinajstić information content (AvgIpc) is 2.59. The van der Waals surface area contributed by atoms with Crippen LogP contribution in [0.1, 0.15) is 16.7 Å². The summed E-state index contributed by atoms with van der Waals surface area (Å²) in [4.78, 5) is 4.23. The monoisotopic (exact) mass is 439 g/mol. The van der Waals surface area contributed by atoms with Gasteiger partial charge >= 0.3 is 0 Å². The van der Waals surface area contributed by atoms with Gasteiger partial charge in [0.2, 0.25) is 0 Å². The fourth-order valence-corrected chi connectivity index (χ4v) is 2.21. The van der Waals surface area contributed by atoms with Gasteiger partial charge in [-0.1, -0.05) is 54.6 Å². The molecule has 0 fully saturated rings. The zero-order chi connectivity index (χ0) is 16.3. The zero-order valence-electron chi connectivity index (χ0n) is 14.3. The summed E-state index contributed by atoms with van der Waals surface area (Å²) in [6.45, 7) is 4.87. The van der Waals surface area contributed by atoms with E-state index in [1.54, 1.807) is 7.05 Å². The first-order valence-electron chi connectivity index (χ1n) is 7.90. The number of rotatable bonds is 7. The molecule has 24 heavy (non-hydrogen) atoms. The molecule has 2 aromatic rings. The molecule has 0 bridgehead atoms. The van der Waals surface area contributed by atoms with Crippen molar-refractivity contribution in [2.45, 2.75) is 20.1 Å². The molecule has 4 nitrogen and oxygen atoms in total. The van der Waals surface area contributed by atoms with E-state index in [4.69, 9.17) is 4.74 Å². The highest BCUT2D eigenvalue weighted by atomic mass is 127. The quantitative estimate of drug-likeness (QED) is 0.301. The highest BCUT2D eigenvalue weighted by Crippen LogP contribution is 2.05. The molecule has 2 rings (SSSR count). The van der Waals surface area contributed by atoms with Crippen molar-refractivity contribution in [3.8, 4) is 0 Å². The molecule has 0 atom stereocenters. The first kappa shape index (κ1) is 20.4. The van der Waals surface area contributed by atoms with E-state index in [1.165, 1.54) is 16.7 Å². The minimum absolute atomic E-state index is 0. The molecule has 0 heterocycles. The van der Waals surface area contributed by atoms with Gasteiger partial charge in [0.05, 0.1) is 13.2 Å². The molecule has 0 aromatic heterocycles. The molecule has 0 aliphatic carbocycles. The van der Waals surface area contributed by atoms with Crippen LogP contribution >= 0.6 is 24.0 Å². The summed E-state index contributed by atoms with van der Waals surface area (Å²) in [5, 5.41) is 6.58. The van der Waals surface area contributed by atoms with Gasteiger partial charge in [0.1, 0.15) is 0 Å². The minimum atomic E-state index is 0. The molecule has 5 heteroatoms. The summed E-state index contributed by atoms with van der Waals surface area (Å²) in [5.74, 6) is 0.788. The number of benzene rings is 2. The van der Waals surface area contributed by atoms with Gasteiger partial charge in [0.15, 0.2) is 5.96 Å². The molecule has 2 aromatic carbocycles. The standard InChI is InChI=1S/C19H25N3O.HI/c1-16-8-6-7-11-18(16)14-22-19(20-2)21-12-13-23-15-17-9-4-3-5-10-17;/h3-11H,12-15H2,1-2H3,(H2,20,21,22);1H. The Balaban J connectivity index is 0.00000288. The second-order valence-electron chi connectivity index (χ2n) is 5.32. The Hall–Kier alpha value is -1.60. The molecule has 0 unspecified atom stereocenters. The SMILES string of the molecule is CN=C(NCCOCc1ccccc1)NCc1ccccc1C.I. The van der Waals surface area contributed by atoms with Crippen LogP contribution in [-0.2, 0) is 17.9 Å². The highest BCUT2D eigenvalue weighted by Gasteiger charge is 2.00. The summed E-state index contributed by atoms with van der Waals surface area (Å²) in [6.07, 6.45) is 0. The Morgan fingerprint density at radius 1 is 1.00 bits per heavy atom. The predicted molar refractivity (Wildman–Crippen MR) is 111 cm³/mol. The second-order valence-corrected chi connectivity index (χ2v) is 5.32. The first-order chi connectivity index (χ1) is 11.3. The summed E-state index contributed by atoms with van der Waals surface area (Å²) in [7, 11) is 1.78. The number of ether oxygens (including phenoxy) is 1. The smallest absolute Gasteiger partial charge is 0.191 e. The number of hydrogen-bond acceptors (Lipinski definition) is 2. The average molecular weight is 439 g/mol. The number of aliphatic imine (C=N–C) groups is 1. The van der Waals surface area contributed by atoms with E-state index >= 15 is 0 Å². The van der Waals surface area contributed by atoms with E-state index in [9.17, 15) is 0 Å². The van der Waals surface area contributed by atoms with Crippen LogP contribution in [0.15, 0.2) is 59.6 Å². The van der Waals surface area contributed by atoms with Crippen molar-refractivity contribution in [2.24, 2.45) is 4.99 Å². The first-order valence-corrected chi connectivity index (χ1v) is 7.90. The largest absolute Gasteiger partial charge is 0.375 e. The highest BCUT2D eigenvalue weighted by molar-refractivity contribution is 14.0. The topological polar surface area (TPSA) is 45.7 Å². The Morgan fingerprint density at radius 3 is 2.42 bits per heavy atom. The third-order valence-electron chi connectivity index (χ3n) is 3.58. The van der Waals surface area contributed by atoms with Crippen molar-refractivity contribution in [3.05, 3.63) is 71.3 Å². The summed E-state index contributed by atoms with van der Waals surface area (Å²) in [6, 6.07) is 18.5. The number of guanidine groups is 1. The molecule has 0 aliphatic rings. The van der Waals surface area contributed by atoms with Crippen LogP contribution in [0.25, 0.3) is 0 Å². The molecular weight excluding hydrogens is 413 g/mol. The lowest BCUT2D eigenvalue weighted by atomic mass is 10.1. The van der Waals surface area contributed by atoms with Crippen molar-refractivity contribution < 1.29 is 4.74 Å².